The lowest BCUT2D eigenvalue weighted by molar-refractivity contribution is 0.0944. The van der Waals surface area contributed by atoms with E-state index in [0.717, 1.165) is 0 Å². The molecule has 0 bridgehead atoms. The van der Waals surface area contributed by atoms with E-state index < -0.39 is 17.8 Å². The lowest BCUT2D eigenvalue weighted by Crippen LogP contribution is -2.29. The van der Waals surface area contributed by atoms with Gasteiger partial charge in [0.15, 0.2) is 0 Å². The van der Waals surface area contributed by atoms with Gasteiger partial charge < -0.3 is 15.5 Å². The summed E-state index contributed by atoms with van der Waals surface area (Å²) < 4.78 is 13.8. The predicted molar refractivity (Wildman–Crippen MR) is 91.4 cm³/mol. The Hall–Kier alpha value is -3.40. The molecule has 0 fully saturated rings. The zero-order valence-electron chi connectivity index (χ0n) is 13.8. The minimum absolute atomic E-state index is 0.0930. The van der Waals surface area contributed by atoms with E-state index in [1.807, 2.05) is 6.07 Å². The maximum absolute atomic E-state index is 13.8. The second-order valence-corrected chi connectivity index (χ2v) is 5.46. The first-order valence-corrected chi connectivity index (χ1v) is 7.45. The highest BCUT2D eigenvalue weighted by Crippen LogP contribution is 2.18. The first-order valence-electron chi connectivity index (χ1n) is 7.45. The molecule has 25 heavy (non-hydrogen) atoms. The molecule has 1 atom stereocenters. The van der Waals surface area contributed by atoms with Gasteiger partial charge in [0, 0.05) is 30.9 Å². The van der Waals surface area contributed by atoms with Crippen molar-refractivity contribution in [2.45, 2.75) is 6.04 Å². The Morgan fingerprint density at radius 2 is 1.88 bits per heavy atom. The van der Waals surface area contributed by atoms with Crippen molar-refractivity contribution < 1.29 is 14.0 Å². The van der Waals surface area contributed by atoms with Gasteiger partial charge in [0.05, 0.1) is 6.07 Å². The first kappa shape index (κ1) is 17.9. The van der Waals surface area contributed by atoms with Crippen molar-refractivity contribution in [2.24, 2.45) is 0 Å². The number of anilines is 1. The summed E-state index contributed by atoms with van der Waals surface area (Å²) in [7, 11) is 3.19. The Kier molecular flexibility index (Phi) is 5.69. The summed E-state index contributed by atoms with van der Waals surface area (Å²) >= 11 is 0. The van der Waals surface area contributed by atoms with E-state index in [4.69, 9.17) is 0 Å². The normalized spacial score (nSPS) is 11.1. The van der Waals surface area contributed by atoms with E-state index in [-0.39, 0.29) is 17.2 Å². The fourth-order valence-corrected chi connectivity index (χ4v) is 2.08. The largest absolute Gasteiger partial charge is 0.332 e. The van der Waals surface area contributed by atoms with Crippen LogP contribution in [-0.4, -0.2) is 30.9 Å². The number of urea groups is 1. The van der Waals surface area contributed by atoms with Gasteiger partial charge in [0.2, 0.25) is 0 Å². The number of hydrogen-bond acceptors (Lipinski definition) is 3. The summed E-state index contributed by atoms with van der Waals surface area (Å²) in [5, 5.41) is 14.3. The number of benzene rings is 2. The Balaban J connectivity index is 2.16. The number of nitriles is 1. The lowest BCUT2D eigenvalue weighted by Gasteiger charge is -2.14. The van der Waals surface area contributed by atoms with E-state index in [1.165, 1.54) is 35.2 Å². The molecule has 6 nitrogen and oxygen atoms in total. The van der Waals surface area contributed by atoms with Gasteiger partial charge in [0.25, 0.3) is 5.91 Å². The second-order valence-electron chi connectivity index (χ2n) is 5.46. The zero-order valence-corrected chi connectivity index (χ0v) is 13.8. The molecule has 0 saturated carbocycles. The van der Waals surface area contributed by atoms with Gasteiger partial charge in [-0.05, 0) is 24.3 Å². The number of halogens is 1. The molecule has 3 amide bonds. The molecule has 0 saturated heterocycles. The SMILES string of the molecule is CN(C)C(=O)Nc1cccc(C(=O)N[C@@H](C#N)c2ccccc2F)c1. The van der Waals surface area contributed by atoms with Crippen LogP contribution in [0.4, 0.5) is 14.9 Å². The van der Waals surface area contributed by atoms with Gasteiger partial charge in [-0.3, -0.25) is 4.79 Å². The van der Waals surface area contributed by atoms with Crippen LogP contribution in [0.25, 0.3) is 0 Å². The van der Waals surface area contributed by atoms with Crippen molar-refractivity contribution in [3.8, 4) is 6.07 Å². The molecule has 2 aromatic rings. The van der Waals surface area contributed by atoms with Crippen LogP contribution >= 0.6 is 0 Å². The van der Waals surface area contributed by atoms with Crippen LogP contribution < -0.4 is 10.6 Å². The molecule has 0 aromatic heterocycles. The second kappa shape index (κ2) is 7.93. The van der Waals surface area contributed by atoms with Gasteiger partial charge in [0.1, 0.15) is 11.9 Å². The monoisotopic (exact) mass is 340 g/mol. The number of carbonyl (C=O) groups excluding carboxylic acids is 2. The van der Waals surface area contributed by atoms with E-state index in [1.54, 1.807) is 32.3 Å². The highest BCUT2D eigenvalue weighted by Gasteiger charge is 2.18. The lowest BCUT2D eigenvalue weighted by atomic mass is 10.1. The van der Waals surface area contributed by atoms with E-state index in [2.05, 4.69) is 10.6 Å². The van der Waals surface area contributed by atoms with Crippen LogP contribution in [0, 0.1) is 17.1 Å². The molecule has 0 spiro atoms. The first-order chi connectivity index (χ1) is 11.9. The molecule has 0 aliphatic carbocycles. The average Bonchev–Trinajstić information content (AvgIpc) is 2.60. The number of hydrogen-bond donors (Lipinski definition) is 2. The summed E-state index contributed by atoms with van der Waals surface area (Å²) in [6.45, 7) is 0. The third-order valence-corrected chi connectivity index (χ3v) is 3.40. The highest BCUT2D eigenvalue weighted by molar-refractivity contribution is 5.97. The average molecular weight is 340 g/mol. The van der Waals surface area contributed by atoms with Crippen molar-refractivity contribution in [3.05, 3.63) is 65.5 Å². The molecule has 0 heterocycles. The molecular formula is C18H17FN4O2. The topological polar surface area (TPSA) is 85.2 Å². The van der Waals surface area contributed by atoms with Crippen molar-refractivity contribution in [1.29, 1.82) is 5.26 Å². The highest BCUT2D eigenvalue weighted by atomic mass is 19.1. The maximum Gasteiger partial charge on any atom is 0.321 e. The maximum atomic E-state index is 13.8. The predicted octanol–water partition coefficient (Wildman–Crippen LogP) is 2.91. The summed E-state index contributed by atoms with van der Waals surface area (Å²) in [6.07, 6.45) is 0. The molecule has 0 aliphatic heterocycles. The van der Waals surface area contributed by atoms with Crippen molar-refractivity contribution >= 4 is 17.6 Å². The Morgan fingerprint density at radius 3 is 2.52 bits per heavy atom. The summed E-state index contributed by atoms with van der Waals surface area (Å²) in [5.74, 6) is -1.11. The van der Waals surface area contributed by atoms with Crippen LogP contribution in [0.1, 0.15) is 22.0 Å². The van der Waals surface area contributed by atoms with E-state index in [0.29, 0.717) is 5.69 Å². The van der Waals surface area contributed by atoms with E-state index in [9.17, 15) is 19.2 Å². The minimum atomic E-state index is -1.12. The van der Waals surface area contributed by atoms with Crippen LogP contribution in [-0.2, 0) is 0 Å². The number of nitrogens with one attached hydrogen (secondary N) is 2. The number of carbonyl (C=O) groups is 2. The summed E-state index contributed by atoms with van der Waals surface area (Å²) in [6, 6.07) is 12.4. The van der Waals surface area contributed by atoms with Gasteiger partial charge >= 0.3 is 6.03 Å². The third kappa shape index (κ3) is 4.54. The minimum Gasteiger partial charge on any atom is -0.332 e. The molecule has 7 heteroatoms. The fourth-order valence-electron chi connectivity index (χ4n) is 2.08. The Bertz CT molecular complexity index is 830. The van der Waals surface area contributed by atoms with Gasteiger partial charge in [-0.2, -0.15) is 5.26 Å². The van der Waals surface area contributed by atoms with Crippen LogP contribution in [0.5, 0.6) is 0 Å². The van der Waals surface area contributed by atoms with Crippen LogP contribution in [0.2, 0.25) is 0 Å². The number of rotatable bonds is 4. The van der Waals surface area contributed by atoms with Crippen molar-refractivity contribution in [2.75, 3.05) is 19.4 Å². The smallest absolute Gasteiger partial charge is 0.321 e. The molecule has 128 valence electrons. The molecule has 2 aromatic carbocycles. The van der Waals surface area contributed by atoms with Crippen molar-refractivity contribution in [3.63, 3.8) is 0 Å². The third-order valence-electron chi connectivity index (χ3n) is 3.40. The molecular weight excluding hydrogens is 323 g/mol. The van der Waals surface area contributed by atoms with Crippen LogP contribution in [0.3, 0.4) is 0 Å². The van der Waals surface area contributed by atoms with Gasteiger partial charge in [-0.1, -0.05) is 24.3 Å². The van der Waals surface area contributed by atoms with Gasteiger partial charge in [-0.15, -0.1) is 0 Å². The summed E-state index contributed by atoms with van der Waals surface area (Å²) in [5.41, 5.74) is 0.773. The van der Waals surface area contributed by atoms with Gasteiger partial charge in [-0.25, -0.2) is 9.18 Å². The molecule has 2 N–H and O–H groups in total. The molecule has 0 unspecified atom stereocenters. The quantitative estimate of drug-likeness (QED) is 0.897. The van der Waals surface area contributed by atoms with Crippen LogP contribution in [0.15, 0.2) is 48.5 Å². The number of amides is 3. The van der Waals surface area contributed by atoms with Crippen molar-refractivity contribution in [1.82, 2.24) is 10.2 Å². The Morgan fingerprint density at radius 1 is 1.16 bits per heavy atom. The molecule has 0 radical (unpaired) electrons. The van der Waals surface area contributed by atoms with E-state index >= 15 is 0 Å². The zero-order chi connectivity index (χ0) is 18.4. The molecule has 0 aliphatic rings. The fraction of sp³-hybridized carbons (Fsp3) is 0.167. The summed E-state index contributed by atoms with van der Waals surface area (Å²) in [4.78, 5) is 25.4. The standard InChI is InChI=1S/C18H17FN4O2/c1-23(2)18(25)21-13-7-5-6-12(10-13)17(24)22-16(11-20)14-8-3-4-9-15(14)19/h3-10,16H,1-2H3,(H,21,25)(H,22,24)/t16-/m0/s1. The molecule has 2 rings (SSSR count). The Labute approximate surface area is 144 Å². The number of nitrogens with zero attached hydrogens (tertiary/aromatic N) is 2.